The molecule has 0 aliphatic carbocycles. The average Bonchev–Trinajstić information content (AvgIpc) is 2.55. The van der Waals surface area contributed by atoms with Gasteiger partial charge in [-0.2, -0.15) is 0 Å². The van der Waals surface area contributed by atoms with E-state index in [9.17, 15) is 4.79 Å². The van der Waals surface area contributed by atoms with Gasteiger partial charge in [0.1, 0.15) is 6.04 Å². The summed E-state index contributed by atoms with van der Waals surface area (Å²) in [6.07, 6.45) is 1.02. The van der Waals surface area contributed by atoms with Gasteiger partial charge >= 0.3 is 0 Å². The van der Waals surface area contributed by atoms with Crippen molar-refractivity contribution in [3.8, 4) is 11.1 Å². The van der Waals surface area contributed by atoms with Crippen molar-refractivity contribution < 1.29 is 9.90 Å². The summed E-state index contributed by atoms with van der Waals surface area (Å²) >= 11 is 0. The van der Waals surface area contributed by atoms with Crippen molar-refractivity contribution in [1.29, 1.82) is 0 Å². The Bertz CT molecular complexity index is 591. The summed E-state index contributed by atoms with van der Waals surface area (Å²) in [5, 5.41) is 11.5. The minimum atomic E-state index is -0.897. The van der Waals surface area contributed by atoms with Gasteiger partial charge in [-0.25, -0.2) is 0 Å². The Morgan fingerprint density at radius 2 is 1.62 bits per heavy atom. The molecule has 0 aromatic heterocycles. The maximum Gasteiger partial charge on any atom is 0.243 e. The molecular formula is C17H20N2O2. The largest absolute Gasteiger partial charge is 0.394 e. The SMILES string of the molecule is CCc1ccc(-c2ccc(NC(=O)[C@@H](N)CO)cc2)cc1. The summed E-state index contributed by atoms with van der Waals surface area (Å²) in [5.41, 5.74) is 9.64. The van der Waals surface area contributed by atoms with E-state index in [-0.39, 0.29) is 6.61 Å². The first kappa shape index (κ1) is 15.2. The standard InChI is InChI=1S/C17H20N2O2/c1-2-12-3-5-13(6-4-12)14-7-9-15(10-8-14)19-17(21)16(18)11-20/h3-10,16,20H,2,11,18H2,1H3,(H,19,21)/t16-/m0/s1. The van der Waals surface area contributed by atoms with Crippen LogP contribution in [0.5, 0.6) is 0 Å². The first-order chi connectivity index (χ1) is 10.1. The highest BCUT2D eigenvalue weighted by Crippen LogP contribution is 2.22. The highest BCUT2D eigenvalue weighted by molar-refractivity contribution is 5.94. The summed E-state index contributed by atoms with van der Waals surface area (Å²) in [7, 11) is 0. The first-order valence-electron chi connectivity index (χ1n) is 7.00. The van der Waals surface area contributed by atoms with Gasteiger partial charge in [-0.3, -0.25) is 4.79 Å². The Morgan fingerprint density at radius 3 is 2.10 bits per heavy atom. The van der Waals surface area contributed by atoms with Crippen LogP contribution in [0.4, 0.5) is 5.69 Å². The molecule has 0 saturated carbocycles. The molecular weight excluding hydrogens is 264 g/mol. The number of benzene rings is 2. The number of rotatable bonds is 5. The van der Waals surface area contributed by atoms with Gasteiger partial charge in [0, 0.05) is 5.69 Å². The third-order valence-electron chi connectivity index (χ3n) is 3.38. The molecule has 2 aromatic carbocycles. The van der Waals surface area contributed by atoms with Crippen molar-refractivity contribution >= 4 is 11.6 Å². The molecule has 4 nitrogen and oxygen atoms in total. The zero-order valence-corrected chi connectivity index (χ0v) is 12.0. The van der Waals surface area contributed by atoms with E-state index in [0.29, 0.717) is 5.69 Å². The van der Waals surface area contributed by atoms with E-state index in [1.165, 1.54) is 5.56 Å². The molecule has 4 N–H and O–H groups in total. The van der Waals surface area contributed by atoms with E-state index in [0.717, 1.165) is 17.5 Å². The minimum absolute atomic E-state index is 0.367. The number of amides is 1. The zero-order valence-electron chi connectivity index (χ0n) is 12.0. The molecule has 4 heteroatoms. The lowest BCUT2D eigenvalue weighted by atomic mass is 10.0. The number of anilines is 1. The molecule has 2 rings (SSSR count). The minimum Gasteiger partial charge on any atom is -0.394 e. The fraction of sp³-hybridized carbons (Fsp3) is 0.235. The van der Waals surface area contributed by atoms with Crippen molar-refractivity contribution in [2.75, 3.05) is 11.9 Å². The zero-order chi connectivity index (χ0) is 15.2. The maximum absolute atomic E-state index is 11.6. The smallest absolute Gasteiger partial charge is 0.243 e. The number of nitrogens with one attached hydrogen (secondary N) is 1. The van der Waals surface area contributed by atoms with E-state index in [1.54, 1.807) is 0 Å². The van der Waals surface area contributed by atoms with Crippen molar-refractivity contribution in [3.63, 3.8) is 0 Å². The lowest BCUT2D eigenvalue weighted by Gasteiger charge is -2.10. The predicted molar refractivity (Wildman–Crippen MR) is 84.9 cm³/mol. The van der Waals surface area contributed by atoms with E-state index < -0.39 is 11.9 Å². The van der Waals surface area contributed by atoms with E-state index in [1.807, 2.05) is 24.3 Å². The molecule has 2 aromatic rings. The van der Waals surface area contributed by atoms with Crippen LogP contribution >= 0.6 is 0 Å². The van der Waals surface area contributed by atoms with Gasteiger partial charge < -0.3 is 16.2 Å². The summed E-state index contributed by atoms with van der Waals surface area (Å²) in [6.45, 7) is 1.76. The number of aliphatic hydroxyl groups excluding tert-OH is 1. The lowest BCUT2D eigenvalue weighted by Crippen LogP contribution is -2.38. The van der Waals surface area contributed by atoms with Crippen LogP contribution in [0.15, 0.2) is 48.5 Å². The molecule has 0 fully saturated rings. The Kier molecular flexibility index (Phi) is 5.09. The second kappa shape index (κ2) is 7.02. The van der Waals surface area contributed by atoms with Crippen LogP contribution in [-0.2, 0) is 11.2 Å². The number of carbonyl (C=O) groups excluding carboxylic acids is 1. The highest BCUT2D eigenvalue weighted by Gasteiger charge is 2.11. The van der Waals surface area contributed by atoms with Gasteiger partial charge in [0.05, 0.1) is 6.61 Å². The average molecular weight is 284 g/mol. The summed E-state index contributed by atoms with van der Waals surface area (Å²) in [6, 6.07) is 15.1. The molecule has 0 saturated heterocycles. The second-order valence-electron chi connectivity index (χ2n) is 4.91. The van der Waals surface area contributed by atoms with Crippen LogP contribution in [-0.4, -0.2) is 23.7 Å². The highest BCUT2D eigenvalue weighted by atomic mass is 16.3. The molecule has 0 heterocycles. The van der Waals surface area contributed by atoms with Crippen LogP contribution in [0.25, 0.3) is 11.1 Å². The molecule has 1 amide bonds. The van der Waals surface area contributed by atoms with Crippen LogP contribution in [0.2, 0.25) is 0 Å². The lowest BCUT2D eigenvalue weighted by molar-refractivity contribution is -0.118. The topological polar surface area (TPSA) is 75.4 Å². The van der Waals surface area contributed by atoms with Crippen molar-refractivity contribution in [2.24, 2.45) is 5.73 Å². The number of nitrogens with two attached hydrogens (primary N) is 1. The Morgan fingerprint density at radius 1 is 1.10 bits per heavy atom. The molecule has 0 aliphatic heterocycles. The summed E-state index contributed by atoms with van der Waals surface area (Å²) in [5.74, 6) is -0.391. The monoisotopic (exact) mass is 284 g/mol. The number of carbonyl (C=O) groups is 1. The molecule has 1 atom stereocenters. The van der Waals surface area contributed by atoms with Crippen molar-refractivity contribution in [1.82, 2.24) is 0 Å². The van der Waals surface area contributed by atoms with Gasteiger partial charge in [0.15, 0.2) is 0 Å². The van der Waals surface area contributed by atoms with E-state index >= 15 is 0 Å². The van der Waals surface area contributed by atoms with Gasteiger partial charge in [-0.1, -0.05) is 43.3 Å². The molecule has 0 unspecified atom stereocenters. The molecule has 110 valence electrons. The Labute approximate surface area is 124 Å². The number of hydrogen-bond donors (Lipinski definition) is 3. The van der Waals surface area contributed by atoms with Crippen LogP contribution in [0, 0.1) is 0 Å². The summed E-state index contributed by atoms with van der Waals surface area (Å²) < 4.78 is 0. The van der Waals surface area contributed by atoms with Gasteiger partial charge in [0.2, 0.25) is 5.91 Å². The van der Waals surface area contributed by atoms with Crippen LogP contribution < -0.4 is 11.1 Å². The third kappa shape index (κ3) is 3.90. The number of aryl methyl sites for hydroxylation is 1. The molecule has 0 spiro atoms. The number of aliphatic hydroxyl groups is 1. The Balaban J connectivity index is 2.09. The van der Waals surface area contributed by atoms with Gasteiger partial charge in [-0.05, 0) is 35.2 Å². The fourth-order valence-electron chi connectivity index (χ4n) is 2.00. The molecule has 0 bridgehead atoms. The molecule has 0 aliphatic rings. The normalized spacial score (nSPS) is 12.0. The predicted octanol–water partition coefficient (Wildman–Crippen LogP) is 2.17. The van der Waals surface area contributed by atoms with Crippen LogP contribution in [0.3, 0.4) is 0 Å². The molecule has 0 radical (unpaired) electrons. The number of hydrogen-bond acceptors (Lipinski definition) is 3. The van der Waals surface area contributed by atoms with Crippen molar-refractivity contribution in [2.45, 2.75) is 19.4 Å². The van der Waals surface area contributed by atoms with Gasteiger partial charge in [-0.15, -0.1) is 0 Å². The Hall–Kier alpha value is -2.17. The fourth-order valence-corrected chi connectivity index (χ4v) is 2.00. The first-order valence-corrected chi connectivity index (χ1v) is 7.00. The maximum atomic E-state index is 11.6. The summed E-state index contributed by atoms with van der Waals surface area (Å²) in [4.78, 5) is 11.6. The second-order valence-corrected chi connectivity index (χ2v) is 4.91. The van der Waals surface area contributed by atoms with Crippen molar-refractivity contribution in [3.05, 3.63) is 54.1 Å². The van der Waals surface area contributed by atoms with Crippen LogP contribution in [0.1, 0.15) is 12.5 Å². The third-order valence-corrected chi connectivity index (χ3v) is 3.38. The van der Waals surface area contributed by atoms with E-state index in [2.05, 4.69) is 36.5 Å². The molecule has 21 heavy (non-hydrogen) atoms. The quantitative estimate of drug-likeness (QED) is 0.787. The van der Waals surface area contributed by atoms with Gasteiger partial charge in [0.25, 0.3) is 0 Å². The van der Waals surface area contributed by atoms with E-state index in [4.69, 9.17) is 10.8 Å².